The van der Waals surface area contributed by atoms with Gasteiger partial charge in [0.05, 0.1) is 24.4 Å². The summed E-state index contributed by atoms with van der Waals surface area (Å²) in [6.07, 6.45) is 4.04. The van der Waals surface area contributed by atoms with E-state index in [2.05, 4.69) is 17.6 Å². The summed E-state index contributed by atoms with van der Waals surface area (Å²) in [7, 11) is 1.61. The number of hydrogen-bond donors (Lipinski definition) is 3. The lowest BCUT2D eigenvalue weighted by Crippen LogP contribution is -2.43. The molecule has 3 atom stereocenters. The molecule has 0 spiro atoms. The number of aliphatic carboxylic acids is 1. The van der Waals surface area contributed by atoms with Crippen LogP contribution in [0.4, 0.5) is 0 Å². The Morgan fingerprint density at radius 3 is 2.49 bits per heavy atom. The van der Waals surface area contributed by atoms with Crippen molar-refractivity contribution in [2.75, 3.05) is 13.7 Å². The SMILES string of the molecule is COc1cccc(OCc2ccccc2)c1-c1cc(C(=O)NC(CC(=O)NCC(=O)O)C(C)C)nn1C1CCCC(C)C1. The molecule has 2 amide bonds. The Kier molecular flexibility index (Phi) is 10.8. The molecule has 10 heteroatoms. The van der Waals surface area contributed by atoms with Crippen LogP contribution >= 0.6 is 0 Å². The van der Waals surface area contributed by atoms with Gasteiger partial charge in [-0.1, -0.05) is 70.0 Å². The maximum atomic E-state index is 13.6. The number of carbonyl (C=O) groups excluding carboxylic acids is 2. The highest BCUT2D eigenvalue weighted by molar-refractivity contribution is 5.94. The fraction of sp³-hybridized carbons (Fsp3) is 0.455. The summed E-state index contributed by atoms with van der Waals surface area (Å²) in [5, 5.41) is 19.1. The van der Waals surface area contributed by atoms with E-state index in [9.17, 15) is 14.4 Å². The molecule has 3 aromatic rings. The van der Waals surface area contributed by atoms with Gasteiger partial charge >= 0.3 is 5.97 Å². The highest BCUT2D eigenvalue weighted by atomic mass is 16.5. The van der Waals surface area contributed by atoms with E-state index >= 15 is 0 Å². The zero-order valence-electron chi connectivity index (χ0n) is 25.3. The predicted octanol–water partition coefficient (Wildman–Crippen LogP) is 5.23. The molecule has 3 N–H and O–H groups in total. The summed E-state index contributed by atoms with van der Waals surface area (Å²) < 4.78 is 14.1. The molecule has 1 aromatic heterocycles. The van der Waals surface area contributed by atoms with Crippen LogP contribution in [0.5, 0.6) is 11.5 Å². The van der Waals surface area contributed by atoms with Crippen molar-refractivity contribution in [3.63, 3.8) is 0 Å². The number of benzene rings is 2. The van der Waals surface area contributed by atoms with Gasteiger partial charge in [0, 0.05) is 12.5 Å². The van der Waals surface area contributed by atoms with Crippen molar-refractivity contribution in [3.05, 3.63) is 65.9 Å². The molecule has 1 heterocycles. The van der Waals surface area contributed by atoms with Crippen LogP contribution in [-0.2, 0) is 16.2 Å². The molecule has 1 saturated carbocycles. The van der Waals surface area contributed by atoms with E-state index in [1.165, 1.54) is 0 Å². The fourth-order valence-electron chi connectivity index (χ4n) is 5.53. The molecule has 230 valence electrons. The summed E-state index contributed by atoms with van der Waals surface area (Å²) in [4.78, 5) is 36.8. The molecule has 1 fully saturated rings. The number of rotatable bonds is 13. The number of nitrogens with zero attached hydrogens (tertiary/aromatic N) is 2. The Bertz CT molecular complexity index is 1400. The van der Waals surface area contributed by atoms with Crippen molar-refractivity contribution >= 4 is 17.8 Å². The fourth-order valence-corrected chi connectivity index (χ4v) is 5.53. The van der Waals surface area contributed by atoms with Gasteiger partial charge in [-0.2, -0.15) is 5.10 Å². The second-order valence-electron chi connectivity index (χ2n) is 11.6. The first-order chi connectivity index (χ1) is 20.7. The number of carboxylic acids is 1. The van der Waals surface area contributed by atoms with Gasteiger partial charge in [0.2, 0.25) is 5.91 Å². The van der Waals surface area contributed by atoms with Crippen LogP contribution in [-0.4, -0.2) is 52.4 Å². The first-order valence-electron chi connectivity index (χ1n) is 14.9. The third-order valence-electron chi connectivity index (χ3n) is 7.89. The minimum absolute atomic E-state index is 0.0472. The molecule has 10 nitrogen and oxygen atoms in total. The summed E-state index contributed by atoms with van der Waals surface area (Å²) in [5.41, 5.74) is 2.70. The number of hydrogen-bond acceptors (Lipinski definition) is 6. The van der Waals surface area contributed by atoms with Gasteiger partial charge in [-0.15, -0.1) is 0 Å². The van der Waals surface area contributed by atoms with Gasteiger partial charge in [0.15, 0.2) is 5.69 Å². The number of carboxylic acid groups (broad SMARTS) is 1. The van der Waals surface area contributed by atoms with E-state index in [-0.39, 0.29) is 24.1 Å². The normalized spacial score (nSPS) is 17.2. The monoisotopic (exact) mass is 590 g/mol. The van der Waals surface area contributed by atoms with Crippen LogP contribution in [0.2, 0.25) is 0 Å². The Hall–Kier alpha value is -4.34. The van der Waals surface area contributed by atoms with Crippen LogP contribution < -0.4 is 20.1 Å². The minimum Gasteiger partial charge on any atom is -0.496 e. The van der Waals surface area contributed by atoms with Crippen molar-refractivity contribution in [3.8, 4) is 22.8 Å². The average Bonchev–Trinajstić information content (AvgIpc) is 3.44. The van der Waals surface area contributed by atoms with Crippen molar-refractivity contribution in [2.45, 2.75) is 71.6 Å². The van der Waals surface area contributed by atoms with Crippen LogP contribution in [0.25, 0.3) is 11.3 Å². The Morgan fingerprint density at radius 1 is 1.07 bits per heavy atom. The van der Waals surface area contributed by atoms with E-state index in [0.717, 1.165) is 42.5 Å². The Balaban J connectivity index is 1.69. The molecular formula is C33H42N4O6. The number of methoxy groups -OCH3 is 1. The lowest BCUT2D eigenvalue weighted by molar-refractivity contribution is -0.138. The van der Waals surface area contributed by atoms with Gasteiger partial charge < -0.3 is 25.2 Å². The van der Waals surface area contributed by atoms with Gasteiger partial charge in [-0.25, -0.2) is 0 Å². The Labute approximate surface area is 252 Å². The summed E-state index contributed by atoms with van der Waals surface area (Å²) in [6, 6.07) is 16.9. The molecule has 4 rings (SSSR count). The largest absolute Gasteiger partial charge is 0.496 e. The van der Waals surface area contributed by atoms with Gasteiger partial charge in [-0.3, -0.25) is 19.1 Å². The van der Waals surface area contributed by atoms with Crippen LogP contribution in [0, 0.1) is 11.8 Å². The highest BCUT2D eigenvalue weighted by Gasteiger charge is 2.29. The van der Waals surface area contributed by atoms with Crippen molar-refractivity contribution in [1.82, 2.24) is 20.4 Å². The zero-order valence-corrected chi connectivity index (χ0v) is 25.3. The maximum absolute atomic E-state index is 13.6. The van der Waals surface area contributed by atoms with E-state index < -0.39 is 30.4 Å². The number of amides is 2. The molecule has 2 aromatic carbocycles. The third kappa shape index (κ3) is 8.37. The molecule has 0 bridgehead atoms. The standard InChI is InChI=1S/C33H42N4O6/c1-21(2)25(18-30(38)34-19-31(39)40)35-33(41)26-17-27(37(36-26)24-13-8-10-22(3)16-24)32-28(42-4)14-9-15-29(32)43-20-23-11-6-5-7-12-23/h5-7,9,11-12,14-15,17,21-22,24-25H,8,10,13,16,18-20H2,1-4H3,(H,34,38)(H,35,41)(H,39,40). The zero-order chi connectivity index (χ0) is 30.9. The molecular weight excluding hydrogens is 548 g/mol. The topological polar surface area (TPSA) is 132 Å². The molecule has 1 aliphatic carbocycles. The van der Waals surface area contributed by atoms with Crippen molar-refractivity contribution in [1.29, 1.82) is 0 Å². The van der Waals surface area contributed by atoms with Crippen molar-refractivity contribution < 1.29 is 29.0 Å². The average molecular weight is 591 g/mol. The first kappa shape index (κ1) is 31.6. The molecule has 1 aliphatic rings. The number of ether oxygens (including phenoxy) is 2. The molecule has 0 saturated heterocycles. The Morgan fingerprint density at radius 2 is 1.81 bits per heavy atom. The lowest BCUT2D eigenvalue weighted by atomic mass is 9.87. The summed E-state index contributed by atoms with van der Waals surface area (Å²) in [5.74, 6) is -0.306. The van der Waals surface area contributed by atoms with Crippen LogP contribution in [0.1, 0.15) is 75.0 Å². The molecule has 0 aliphatic heterocycles. The van der Waals surface area contributed by atoms with E-state index in [4.69, 9.17) is 19.7 Å². The molecule has 3 unspecified atom stereocenters. The smallest absolute Gasteiger partial charge is 0.322 e. The minimum atomic E-state index is -1.13. The quantitative estimate of drug-likeness (QED) is 0.248. The van der Waals surface area contributed by atoms with Crippen LogP contribution in [0.15, 0.2) is 54.6 Å². The summed E-state index contributed by atoms with van der Waals surface area (Å²) in [6.45, 7) is 5.92. The van der Waals surface area contributed by atoms with E-state index in [1.54, 1.807) is 13.2 Å². The molecule has 43 heavy (non-hydrogen) atoms. The number of aromatic nitrogens is 2. The van der Waals surface area contributed by atoms with E-state index in [0.29, 0.717) is 24.0 Å². The highest BCUT2D eigenvalue weighted by Crippen LogP contribution is 2.42. The molecule has 0 radical (unpaired) electrons. The lowest BCUT2D eigenvalue weighted by Gasteiger charge is -2.29. The van der Waals surface area contributed by atoms with E-state index in [1.807, 2.05) is 67.1 Å². The predicted molar refractivity (Wildman–Crippen MR) is 163 cm³/mol. The van der Waals surface area contributed by atoms with Gasteiger partial charge in [-0.05, 0) is 48.4 Å². The first-order valence-corrected chi connectivity index (χ1v) is 14.9. The second-order valence-corrected chi connectivity index (χ2v) is 11.6. The number of carbonyl (C=O) groups is 3. The van der Waals surface area contributed by atoms with Crippen LogP contribution in [0.3, 0.4) is 0 Å². The van der Waals surface area contributed by atoms with Crippen molar-refractivity contribution in [2.24, 2.45) is 11.8 Å². The van der Waals surface area contributed by atoms with Gasteiger partial charge in [0.25, 0.3) is 5.91 Å². The third-order valence-corrected chi connectivity index (χ3v) is 7.89. The maximum Gasteiger partial charge on any atom is 0.322 e. The summed E-state index contributed by atoms with van der Waals surface area (Å²) >= 11 is 0. The van der Waals surface area contributed by atoms with Gasteiger partial charge in [0.1, 0.15) is 24.7 Å². The second kappa shape index (κ2) is 14.7. The number of nitrogens with one attached hydrogen (secondary N) is 2.